The van der Waals surface area contributed by atoms with Gasteiger partial charge in [-0.25, -0.2) is 0 Å². The monoisotopic (exact) mass is 333 g/mol. The summed E-state index contributed by atoms with van der Waals surface area (Å²) in [6, 6.07) is 10.9. The number of methoxy groups -OCH3 is 1. The van der Waals surface area contributed by atoms with E-state index in [0.717, 1.165) is 38.9 Å². The molecule has 5 nitrogen and oxygen atoms in total. The SMILES string of the molecule is COC1(C(=O)NCCC(C)N(C)Cc2ccccc2)CCNCC1. The van der Waals surface area contributed by atoms with Gasteiger partial charge in [0.2, 0.25) is 0 Å². The van der Waals surface area contributed by atoms with Crippen molar-refractivity contribution in [3.63, 3.8) is 0 Å². The summed E-state index contributed by atoms with van der Waals surface area (Å²) in [5.74, 6) is 0.0319. The van der Waals surface area contributed by atoms with Gasteiger partial charge in [-0.1, -0.05) is 30.3 Å². The third-order valence-corrected chi connectivity index (χ3v) is 5.09. The van der Waals surface area contributed by atoms with Crippen molar-refractivity contribution < 1.29 is 9.53 Å². The van der Waals surface area contributed by atoms with Crippen molar-refractivity contribution in [2.45, 2.75) is 44.4 Å². The number of hydrogen-bond donors (Lipinski definition) is 2. The van der Waals surface area contributed by atoms with Gasteiger partial charge in [-0.3, -0.25) is 9.69 Å². The van der Waals surface area contributed by atoms with Crippen molar-refractivity contribution in [1.29, 1.82) is 0 Å². The molecule has 2 rings (SSSR count). The average molecular weight is 333 g/mol. The highest BCUT2D eigenvalue weighted by atomic mass is 16.5. The van der Waals surface area contributed by atoms with Crippen molar-refractivity contribution in [2.24, 2.45) is 0 Å². The van der Waals surface area contributed by atoms with Gasteiger partial charge in [-0.15, -0.1) is 0 Å². The van der Waals surface area contributed by atoms with Gasteiger partial charge in [-0.05, 0) is 51.9 Å². The summed E-state index contributed by atoms with van der Waals surface area (Å²) >= 11 is 0. The summed E-state index contributed by atoms with van der Waals surface area (Å²) in [6.45, 7) is 5.46. The molecular weight excluding hydrogens is 302 g/mol. The first-order valence-electron chi connectivity index (χ1n) is 8.86. The summed E-state index contributed by atoms with van der Waals surface area (Å²) in [4.78, 5) is 14.8. The second kappa shape index (κ2) is 9.16. The van der Waals surface area contributed by atoms with Crippen molar-refractivity contribution >= 4 is 5.91 Å². The fourth-order valence-electron chi connectivity index (χ4n) is 3.16. The topological polar surface area (TPSA) is 53.6 Å². The van der Waals surface area contributed by atoms with Gasteiger partial charge in [0, 0.05) is 26.2 Å². The van der Waals surface area contributed by atoms with Gasteiger partial charge < -0.3 is 15.4 Å². The molecule has 0 bridgehead atoms. The molecule has 1 atom stereocenters. The van der Waals surface area contributed by atoms with Crippen LogP contribution in [0.15, 0.2) is 30.3 Å². The Morgan fingerprint density at radius 3 is 2.62 bits per heavy atom. The zero-order valence-corrected chi connectivity index (χ0v) is 15.2. The normalized spacial score (nSPS) is 18.3. The molecule has 1 aliphatic heterocycles. The van der Waals surface area contributed by atoms with Crippen molar-refractivity contribution in [2.75, 3.05) is 33.8 Å². The van der Waals surface area contributed by atoms with Crippen molar-refractivity contribution in [3.05, 3.63) is 35.9 Å². The minimum Gasteiger partial charge on any atom is -0.368 e. The number of carbonyl (C=O) groups excluding carboxylic acids is 1. The Kier molecular flexibility index (Phi) is 7.21. The third-order valence-electron chi connectivity index (χ3n) is 5.09. The smallest absolute Gasteiger partial charge is 0.252 e. The van der Waals surface area contributed by atoms with Crippen LogP contribution in [-0.2, 0) is 16.1 Å². The molecule has 24 heavy (non-hydrogen) atoms. The molecule has 1 aromatic carbocycles. The number of amides is 1. The van der Waals surface area contributed by atoms with Crippen LogP contribution in [-0.4, -0.2) is 56.2 Å². The van der Waals surface area contributed by atoms with Gasteiger partial charge in [0.05, 0.1) is 0 Å². The van der Waals surface area contributed by atoms with Crippen LogP contribution >= 0.6 is 0 Å². The van der Waals surface area contributed by atoms with E-state index in [9.17, 15) is 4.79 Å². The van der Waals surface area contributed by atoms with Crippen molar-refractivity contribution in [3.8, 4) is 0 Å². The second-order valence-electron chi connectivity index (χ2n) is 6.74. The van der Waals surface area contributed by atoms with Crippen LogP contribution in [0.1, 0.15) is 31.7 Å². The standard InChI is InChI=1S/C19H31N3O2/c1-16(22(2)15-17-7-5-4-6-8-17)9-12-21-18(23)19(24-3)10-13-20-14-11-19/h4-8,16,20H,9-15H2,1-3H3,(H,21,23). The number of nitrogens with zero attached hydrogens (tertiary/aromatic N) is 1. The Morgan fingerprint density at radius 1 is 1.33 bits per heavy atom. The van der Waals surface area contributed by atoms with Crippen molar-refractivity contribution in [1.82, 2.24) is 15.5 Å². The quantitative estimate of drug-likeness (QED) is 0.761. The van der Waals surface area contributed by atoms with Crippen LogP contribution < -0.4 is 10.6 Å². The van der Waals surface area contributed by atoms with E-state index in [1.54, 1.807) is 7.11 Å². The van der Waals surface area contributed by atoms with Gasteiger partial charge in [0.15, 0.2) is 0 Å². The van der Waals surface area contributed by atoms with E-state index in [2.05, 4.69) is 53.8 Å². The van der Waals surface area contributed by atoms with Gasteiger partial charge in [0.25, 0.3) is 5.91 Å². The van der Waals surface area contributed by atoms with Crippen LogP contribution in [0.5, 0.6) is 0 Å². The predicted molar refractivity (Wildman–Crippen MR) is 96.8 cm³/mol. The zero-order chi connectivity index (χ0) is 17.4. The lowest BCUT2D eigenvalue weighted by atomic mass is 9.91. The fraction of sp³-hybridized carbons (Fsp3) is 0.632. The minimum absolute atomic E-state index is 0.0319. The van der Waals surface area contributed by atoms with Crippen LogP contribution in [0.2, 0.25) is 0 Å². The maximum atomic E-state index is 12.5. The summed E-state index contributed by atoms with van der Waals surface area (Å²) < 4.78 is 5.56. The highest BCUT2D eigenvalue weighted by Crippen LogP contribution is 2.22. The van der Waals surface area contributed by atoms with Gasteiger partial charge in [-0.2, -0.15) is 0 Å². The Balaban J connectivity index is 1.75. The molecule has 1 saturated heterocycles. The summed E-state index contributed by atoms with van der Waals surface area (Å²) in [6.07, 6.45) is 2.39. The van der Waals surface area contributed by atoms with E-state index >= 15 is 0 Å². The maximum Gasteiger partial charge on any atom is 0.252 e. The van der Waals surface area contributed by atoms with E-state index in [4.69, 9.17) is 4.74 Å². The van der Waals surface area contributed by atoms with Crippen LogP contribution in [0.4, 0.5) is 0 Å². The first kappa shape index (κ1) is 18.9. The van der Waals surface area contributed by atoms with Gasteiger partial charge >= 0.3 is 0 Å². The van der Waals surface area contributed by atoms with E-state index in [1.165, 1.54) is 5.56 Å². The number of rotatable bonds is 8. The first-order valence-corrected chi connectivity index (χ1v) is 8.86. The molecular formula is C19H31N3O2. The van der Waals surface area contributed by atoms with Crippen LogP contribution in [0.25, 0.3) is 0 Å². The lowest BCUT2D eigenvalue weighted by molar-refractivity contribution is -0.146. The highest BCUT2D eigenvalue weighted by molar-refractivity contribution is 5.85. The number of nitrogens with one attached hydrogen (secondary N) is 2. The number of benzene rings is 1. The number of hydrogen-bond acceptors (Lipinski definition) is 4. The van der Waals surface area contributed by atoms with E-state index < -0.39 is 5.60 Å². The summed E-state index contributed by atoms with van der Waals surface area (Å²) in [5, 5.41) is 6.35. The molecule has 0 aromatic heterocycles. The first-order chi connectivity index (χ1) is 11.6. The maximum absolute atomic E-state index is 12.5. The molecule has 1 aliphatic rings. The Hall–Kier alpha value is -1.43. The molecule has 0 spiro atoms. The molecule has 1 unspecified atom stereocenters. The molecule has 1 heterocycles. The Morgan fingerprint density at radius 2 is 2.00 bits per heavy atom. The van der Waals surface area contributed by atoms with E-state index in [1.807, 2.05) is 6.07 Å². The highest BCUT2D eigenvalue weighted by Gasteiger charge is 2.39. The summed E-state index contributed by atoms with van der Waals surface area (Å²) in [5.41, 5.74) is 0.661. The Labute approximate surface area is 145 Å². The van der Waals surface area contributed by atoms with E-state index in [0.29, 0.717) is 12.6 Å². The fourth-order valence-corrected chi connectivity index (χ4v) is 3.16. The Bertz CT molecular complexity index is 501. The molecule has 0 radical (unpaired) electrons. The number of ether oxygens (including phenoxy) is 1. The minimum atomic E-state index is -0.648. The molecule has 0 aliphatic carbocycles. The predicted octanol–water partition coefficient (Wildman–Crippen LogP) is 1.78. The lowest BCUT2D eigenvalue weighted by Crippen LogP contribution is -2.54. The number of carbonyl (C=O) groups is 1. The molecule has 0 saturated carbocycles. The third kappa shape index (κ3) is 5.03. The van der Waals surface area contributed by atoms with Gasteiger partial charge in [0.1, 0.15) is 5.60 Å². The molecule has 1 aromatic rings. The second-order valence-corrected chi connectivity index (χ2v) is 6.74. The molecule has 2 N–H and O–H groups in total. The molecule has 1 amide bonds. The zero-order valence-electron chi connectivity index (χ0n) is 15.2. The molecule has 5 heteroatoms. The van der Waals surface area contributed by atoms with Crippen LogP contribution in [0, 0.1) is 0 Å². The summed E-state index contributed by atoms with van der Waals surface area (Å²) in [7, 11) is 3.77. The molecule has 134 valence electrons. The largest absolute Gasteiger partial charge is 0.368 e. The lowest BCUT2D eigenvalue weighted by Gasteiger charge is -2.35. The molecule has 1 fully saturated rings. The van der Waals surface area contributed by atoms with Crippen LogP contribution in [0.3, 0.4) is 0 Å². The average Bonchev–Trinajstić information content (AvgIpc) is 2.62. The van der Waals surface area contributed by atoms with E-state index in [-0.39, 0.29) is 5.91 Å². The number of piperidine rings is 1.